The van der Waals surface area contributed by atoms with Crippen molar-refractivity contribution >= 4 is 34.2 Å². The molecule has 38 heavy (non-hydrogen) atoms. The van der Waals surface area contributed by atoms with Gasteiger partial charge >= 0.3 is 6.02 Å². The van der Waals surface area contributed by atoms with Crippen LogP contribution in [-0.4, -0.2) is 85.2 Å². The number of piperazine rings is 1. The fourth-order valence-electron chi connectivity index (χ4n) is 5.50. The zero-order chi connectivity index (χ0) is 26.6. The Morgan fingerprint density at radius 2 is 1.82 bits per heavy atom. The number of aromatic nitrogens is 1. The Morgan fingerprint density at radius 1 is 1.08 bits per heavy atom. The van der Waals surface area contributed by atoms with Crippen LogP contribution < -0.4 is 5.32 Å². The smallest absolute Gasteiger partial charge is 0.310 e. The second-order valence-electron chi connectivity index (χ2n) is 10.2. The van der Waals surface area contributed by atoms with E-state index in [1.165, 1.54) is 20.0 Å². The molecule has 3 unspecified atom stereocenters. The van der Waals surface area contributed by atoms with Crippen LogP contribution in [0.25, 0.3) is 22.0 Å². The molecule has 0 aliphatic carbocycles. The number of hydrogen-bond acceptors (Lipinski definition) is 5. The lowest BCUT2D eigenvalue weighted by molar-refractivity contribution is 0.288. The van der Waals surface area contributed by atoms with Crippen molar-refractivity contribution < 1.29 is 9.13 Å². The number of nitrogens with zero attached hydrogens (tertiary/aromatic N) is 4. The number of halogens is 2. The van der Waals surface area contributed by atoms with Crippen molar-refractivity contribution in [2.45, 2.75) is 37.5 Å². The molecule has 2 aromatic carbocycles. The van der Waals surface area contributed by atoms with Gasteiger partial charge in [0, 0.05) is 66.0 Å². The normalized spacial score (nSPS) is 23.3. The Labute approximate surface area is 228 Å². The third-order valence-corrected chi connectivity index (χ3v) is 7.72. The first-order chi connectivity index (χ1) is 18.4. The number of benzene rings is 2. The van der Waals surface area contributed by atoms with Crippen LogP contribution >= 0.6 is 11.6 Å². The molecule has 0 spiro atoms. The molecule has 0 amide bonds. The minimum absolute atomic E-state index is 0.106. The molecule has 0 saturated carbocycles. The summed E-state index contributed by atoms with van der Waals surface area (Å²) in [5.74, 6) is 0.736. The fourth-order valence-corrected chi connectivity index (χ4v) is 5.79. The van der Waals surface area contributed by atoms with E-state index in [-0.39, 0.29) is 6.02 Å². The Kier molecular flexibility index (Phi) is 8.21. The number of aliphatic imine (C=N–C) groups is 1. The standard InChI is InChI=1S/C24H24ClN5O.C5H10FN/c1-31-24(26)29-23(30-13-17-9-10-18(14-30)28-17)16-8-11-21(27-12-16)19-6-2-4-15-5-3-7-20(25)22(15)19;1-7-3-2-5(6)4-7/h2-8,11-12,17-18,26,28H,9-10,13-14H2,1H3;5H,2-4H2,1H3/b26-24?,29-23+;. The van der Waals surface area contributed by atoms with Crippen LogP contribution in [0, 0.1) is 5.41 Å². The van der Waals surface area contributed by atoms with Crippen molar-refractivity contribution in [1.82, 2.24) is 20.1 Å². The predicted molar refractivity (Wildman–Crippen MR) is 152 cm³/mol. The number of methoxy groups -OCH3 is 1. The van der Waals surface area contributed by atoms with E-state index in [9.17, 15) is 4.39 Å². The van der Waals surface area contributed by atoms with Gasteiger partial charge in [0.25, 0.3) is 0 Å². The topological polar surface area (TPSA) is 76.8 Å². The lowest BCUT2D eigenvalue weighted by Crippen LogP contribution is -2.53. The van der Waals surface area contributed by atoms with E-state index in [1.54, 1.807) is 0 Å². The Balaban J connectivity index is 0.000000366. The van der Waals surface area contributed by atoms with Crippen molar-refractivity contribution in [3.05, 3.63) is 65.3 Å². The second kappa shape index (κ2) is 11.8. The second-order valence-corrected chi connectivity index (χ2v) is 10.6. The van der Waals surface area contributed by atoms with Gasteiger partial charge < -0.3 is 19.9 Å². The molecule has 2 bridgehead atoms. The van der Waals surface area contributed by atoms with Crippen LogP contribution in [0.1, 0.15) is 24.8 Å². The highest BCUT2D eigenvalue weighted by molar-refractivity contribution is 6.36. The summed E-state index contributed by atoms with van der Waals surface area (Å²) in [6.07, 6.45) is 4.36. The summed E-state index contributed by atoms with van der Waals surface area (Å²) in [4.78, 5) is 13.5. The van der Waals surface area contributed by atoms with Crippen LogP contribution in [-0.2, 0) is 4.74 Å². The molecule has 3 aliphatic rings. The van der Waals surface area contributed by atoms with Crippen molar-refractivity contribution in [3.8, 4) is 11.3 Å². The number of ether oxygens (including phenoxy) is 1. The summed E-state index contributed by atoms with van der Waals surface area (Å²) in [5.41, 5.74) is 2.72. The highest BCUT2D eigenvalue weighted by atomic mass is 35.5. The van der Waals surface area contributed by atoms with Crippen LogP contribution in [0.4, 0.5) is 4.39 Å². The van der Waals surface area contributed by atoms with Gasteiger partial charge in [-0.15, -0.1) is 0 Å². The zero-order valence-corrected chi connectivity index (χ0v) is 22.6. The van der Waals surface area contributed by atoms with Crippen molar-refractivity contribution in [1.29, 1.82) is 5.41 Å². The van der Waals surface area contributed by atoms with E-state index in [0.29, 0.717) is 23.7 Å². The van der Waals surface area contributed by atoms with E-state index >= 15 is 0 Å². The van der Waals surface area contributed by atoms with Crippen molar-refractivity contribution in [2.24, 2.45) is 4.99 Å². The number of likely N-dealkylation sites (tertiary alicyclic amines) is 2. The number of alkyl halides is 1. The van der Waals surface area contributed by atoms with Gasteiger partial charge in [-0.1, -0.05) is 41.9 Å². The molecule has 200 valence electrons. The zero-order valence-electron chi connectivity index (χ0n) is 21.8. The van der Waals surface area contributed by atoms with E-state index in [4.69, 9.17) is 26.7 Å². The molecule has 4 heterocycles. The largest absolute Gasteiger partial charge is 0.467 e. The number of fused-ring (bicyclic) bond motifs is 3. The summed E-state index contributed by atoms with van der Waals surface area (Å²) < 4.78 is 17.2. The van der Waals surface area contributed by atoms with Gasteiger partial charge in [0.05, 0.1) is 12.8 Å². The molecule has 9 heteroatoms. The van der Waals surface area contributed by atoms with Crippen LogP contribution in [0.2, 0.25) is 5.02 Å². The molecule has 0 radical (unpaired) electrons. The number of hydrogen-bond donors (Lipinski definition) is 2. The van der Waals surface area contributed by atoms with Crippen LogP contribution in [0.15, 0.2) is 59.7 Å². The molecular formula is C29H34ClFN6O. The van der Waals surface area contributed by atoms with Gasteiger partial charge in [-0.3, -0.25) is 4.98 Å². The first-order valence-corrected chi connectivity index (χ1v) is 13.5. The van der Waals surface area contributed by atoms with E-state index in [1.807, 2.05) is 54.5 Å². The lowest BCUT2D eigenvalue weighted by Gasteiger charge is -2.35. The van der Waals surface area contributed by atoms with Gasteiger partial charge in [0.15, 0.2) is 0 Å². The van der Waals surface area contributed by atoms with Crippen molar-refractivity contribution in [2.75, 3.05) is 40.3 Å². The minimum atomic E-state index is -0.551. The molecule has 2 N–H and O–H groups in total. The average Bonchev–Trinajstić information content (AvgIpc) is 3.49. The van der Waals surface area contributed by atoms with Gasteiger partial charge in [0.2, 0.25) is 0 Å². The monoisotopic (exact) mass is 536 g/mol. The number of amidine groups is 2. The molecule has 3 atom stereocenters. The van der Waals surface area contributed by atoms with Gasteiger partial charge in [-0.25, -0.2) is 9.80 Å². The third-order valence-electron chi connectivity index (χ3n) is 7.40. The molecule has 3 saturated heterocycles. The van der Waals surface area contributed by atoms with Crippen LogP contribution in [0.5, 0.6) is 0 Å². The first kappa shape index (κ1) is 26.5. The SMILES string of the molecule is CN1CCC(F)C1.COC(=N)/N=C(\c1ccc(-c2cccc3cccc(Cl)c23)nc1)N1CC2CCC(C1)N2. The van der Waals surface area contributed by atoms with E-state index in [0.717, 1.165) is 59.5 Å². The minimum Gasteiger partial charge on any atom is -0.467 e. The summed E-state index contributed by atoms with van der Waals surface area (Å²) in [6, 6.07) is 16.9. The quantitative estimate of drug-likeness (QED) is 0.357. The van der Waals surface area contributed by atoms with E-state index in [2.05, 4.69) is 27.3 Å². The van der Waals surface area contributed by atoms with Gasteiger partial charge in [-0.05, 0) is 49.9 Å². The lowest BCUT2D eigenvalue weighted by atomic mass is 10.0. The molecule has 6 rings (SSSR count). The maximum Gasteiger partial charge on any atom is 0.310 e. The Morgan fingerprint density at radius 3 is 2.39 bits per heavy atom. The number of nitrogens with one attached hydrogen (secondary N) is 2. The summed E-state index contributed by atoms with van der Waals surface area (Å²) >= 11 is 6.50. The summed E-state index contributed by atoms with van der Waals surface area (Å²) in [7, 11) is 3.41. The maximum absolute atomic E-state index is 12.1. The highest BCUT2D eigenvalue weighted by Gasteiger charge is 2.34. The van der Waals surface area contributed by atoms with Gasteiger partial charge in [0.1, 0.15) is 12.0 Å². The Hall–Kier alpha value is -3.07. The highest BCUT2D eigenvalue weighted by Crippen LogP contribution is 2.33. The molecule has 7 nitrogen and oxygen atoms in total. The molecular weight excluding hydrogens is 503 g/mol. The third kappa shape index (κ3) is 5.98. The molecule has 1 aromatic heterocycles. The molecule has 3 aromatic rings. The number of rotatable bonds is 2. The van der Waals surface area contributed by atoms with Crippen LogP contribution in [0.3, 0.4) is 0 Å². The van der Waals surface area contributed by atoms with Crippen molar-refractivity contribution in [3.63, 3.8) is 0 Å². The fraction of sp³-hybridized carbons (Fsp3) is 0.414. The molecule has 3 fully saturated rings. The number of pyridine rings is 1. The average molecular weight is 537 g/mol. The predicted octanol–water partition coefficient (Wildman–Crippen LogP) is 4.98. The summed E-state index contributed by atoms with van der Waals surface area (Å²) in [6.45, 7) is 3.31. The molecule has 3 aliphatic heterocycles. The maximum atomic E-state index is 12.1. The Bertz CT molecular complexity index is 1290. The van der Waals surface area contributed by atoms with E-state index < -0.39 is 6.17 Å². The first-order valence-electron chi connectivity index (χ1n) is 13.1. The van der Waals surface area contributed by atoms with Gasteiger partial charge in [-0.2, -0.15) is 4.99 Å². The summed E-state index contributed by atoms with van der Waals surface area (Å²) in [5, 5.41) is 14.4.